The molecule has 0 bridgehead atoms. The summed E-state index contributed by atoms with van der Waals surface area (Å²) >= 11 is 0. The smallest absolute Gasteiger partial charge is 0.228 e. The van der Waals surface area contributed by atoms with Gasteiger partial charge in [0, 0.05) is 42.2 Å². The summed E-state index contributed by atoms with van der Waals surface area (Å²) in [6.45, 7) is 1.08. The minimum absolute atomic E-state index is 0.0149. The number of benzene rings is 2. The van der Waals surface area contributed by atoms with Crippen LogP contribution in [-0.4, -0.2) is 39.1 Å². The van der Waals surface area contributed by atoms with Gasteiger partial charge in [-0.25, -0.2) is 9.97 Å². The summed E-state index contributed by atoms with van der Waals surface area (Å²) in [5.41, 5.74) is 6.43. The number of hydrogen-bond acceptors (Lipinski definition) is 6. The number of Topliss-reactive ketones (excluding diaryl/α,β-unsaturated/α-hetero) is 1. The predicted octanol–water partition coefficient (Wildman–Crippen LogP) is 3.60. The number of nitriles is 1. The van der Waals surface area contributed by atoms with Crippen LogP contribution in [-0.2, 0) is 16.0 Å². The molecular weight excluding hydrogens is 428 g/mol. The second kappa shape index (κ2) is 7.81. The first-order valence-corrected chi connectivity index (χ1v) is 11.2. The van der Waals surface area contributed by atoms with Gasteiger partial charge in [-0.1, -0.05) is 18.2 Å². The lowest BCUT2D eigenvalue weighted by atomic mass is 10.0. The van der Waals surface area contributed by atoms with E-state index in [-0.39, 0.29) is 11.7 Å². The van der Waals surface area contributed by atoms with E-state index < -0.39 is 0 Å². The van der Waals surface area contributed by atoms with Crippen molar-refractivity contribution in [1.29, 1.82) is 5.26 Å². The second-order valence-corrected chi connectivity index (χ2v) is 8.60. The first-order valence-electron chi connectivity index (χ1n) is 11.2. The maximum absolute atomic E-state index is 12.1. The van der Waals surface area contributed by atoms with Gasteiger partial charge in [-0.3, -0.25) is 14.0 Å². The summed E-state index contributed by atoms with van der Waals surface area (Å²) in [5, 5.41) is 12.1. The Labute approximate surface area is 195 Å². The van der Waals surface area contributed by atoms with E-state index in [0.29, 0.717) is 36.4 Å². The van der Waals surface area contributed by atoms with E-state index >= 15 is 0 Å². The molecule has 8 heteroatoms. The monoisotopic (exact) mass is 448 g/mol. The molecule has 1 N–H and O–H groups in total. The van der Waals surface area contributed by atoms with Gasteiger partial charge in [-0.2, -0.15) is 5.26 Å². The third kappa shape index (κ3) is 3.30. The molecule has 0 aliphatic carbocycles. The number of imidazole rings is 1. The first kappa shape index (κ1) is 20.1. The van der Waals surface area contributed by atoms with Gasteiger partial charge < -0.3 is 10.2 Å². The van der Waals surface area contributed by atoms with E-state index in [2.05, 4.69) is 16.4 Å². The van der Waals surface area contributed by atoms with Gasteiger partial charge in [0.25, 0.3) is 0 Å². The molecular formula is C26H20N6O2. The molecule has 1 amide bonds. The second-order valence-electron chi connectivity index (χ2n) is 8.60. The zero-order chi connectivity index (χ0) is 23.2. The van der Waals surface area contributed by atoms with Crippen molar-refractivity contribution in [2.75, 3.05) is 23.3 Å². The van der Waals surface area contributed by atoms with Crippen LogP contribution in [0.4, 0.5) is 11.5 Å². The van der Waals surface area contributed by atoms with Crippen molar-refractivity contribution in [3.05, 3.63) is 66.0 Å². The molecule has 6 rings (SSSR count). The SMILES string of the molecule is N#Cc1ccc(-c2nc3c(N4CCCC(=O)C4)nccn3c2-c2ccc3c(c2)CC(=O)N3)cc1. The van der Waals surface area contributed by atoms with Gasteiger partial charge in [-0.05, 0) is 36.2 Å². The molecule has 1 saturated heterocycles. The summed E-state index contributed by atoms with van der Waals surface area (Å²) in [6, 6.07) is 15.4. The number of nitrogens with one attached hydrogen (secondary N) is 1. The quantitative estimate of drug-likeness (QED) is 0.514. The summed E-state index contributed by atoms with van der Waals surface area (Å²) in [5.74, 6) is 0.860. The Morgan fingerprint density at radius 1 is 1.06 bits per heavy atom. The lowest BCUT2D eigenvalue weighted by Gasteiger charge is -2.26. The van der Waals surface area contributed by atoms with Gasteiger partial charge in [0.1, 0.15) is 0 Å². The van der Waals surface area contributed by atoms with E-state index in [4.69, 9.17) is 4.98 Å². The highest BCUT2D eigenvalue weighted by molar-refractivity contribution is 6.00. The van der Waals surface area contributed by atoms with Crippen LogP contribution in [0.15, 0.2) is 54.9 Å². The zero-order valence-electron chi connectivity index (χ0n) is 18.3. The van der Waals surface area contributed by atoms with Crippen LogP contribution in [0, 0.1) is 11.3 Å². The number of anilines is 2. The van der Waals surface area contributed by atoms with Crippen LogP contribution >= 0.6 is 0 Å². The third-order valence-corrected chi connectivity index (χ3v) is 6.37. The normalized spacial score (nSPS) is 15.3. The lowest BCUT2D eigenvalue weighted by molar-refractivity contribution is -0.118. The highest BCUT2D eigenvalue weighted by Gasteiger charge is 2.25. The van der Waals surface area contributed by atoms with Crippen LogP contribution in [0.3, 0.4) is 0 Å². The molecule has 8 nitrogen and oxygen atoms in total. The number of nitrogens with zero attached hydrogens (tertiary/aromatic N) is 5. The molecule has 4 aromatic rings. The van der Waals surface area contributed by atoms with Gasteiger partial charge in [0.05, 0.1) is 36.0 Å². The summed E-state index contributed by atoms with van der Waals surface area (Å²) in [6.07, 6.45) is 5.33. The van der Waals surface area contributed by atoms with E-state index in [9.17, 15) is 14.9 Å². The zero-order valence-corrected chi connectivity index (χ0v) is 18.3. The number of carbonyl (C=O) groups excluding carboxylic acids is 2. The third-order valence-electron chi connectivity index (χ3n) is 6.37. The molecule has 4 heterocycles. The molecule has 0 radical (unpaired) electrons. The molecule has 2 aliphatic heterocycles. The van der Waals surface area contributed by atoms with E-state index in [1.807, 2.05) is 45.8 Å². The fourth-order valence-electron chi connectivity index (χ4n) is 4.76. The molecule has 0 atom stereocenters. The molecule has 2 aromatic heterocycles. The van der Waals surface area contributed by atoms with Crippen molar-refractivity contribution in [2.24, 2.45) is 0 Å². The van der Waals surface area contributed by atoms with Crippen molar-refractivity contribution < 1.29 is 9.59 Å². The largest absolute Gasteiger partial charge is 0.346 e. The number of amides is 1. The highest BCUT2D eigenvalue weighted by atomic mass is 16.1. The maximum atomic E-state index is 12.1. The Kier molecular flexibility index (Phi) is 4.62. The van der Waals surface area contributed by atoms with Crippen molar-refractivity contribution >= 4 is 28.8 Å². The van der Waals surface area contributed by atoms with Crippen molar-refractivity contribution in [3.8, 4) is 28.6 Å². The predicted molar refractivity (Wildman–Crippen MR) is 127 cm³/mol. The Balaban J connectivity index is 1.58. The lowest BCUT2D eigenvalue weighted by Crippen LogP contribution is -2.36. The average Bonchev–Trinajstić information content (AvgIpc) is 3.43. The van der Waals surface area contributed by atoms with Crippen LogP contribution in [0.25, 0.3) is 28.2 Å². The Morgan fingerprint density at radius 2 is 1.88 bits per heavy atom. The fourth-order valence-corrected chi connectivity index (χ4v) is 4.76. The van der Waals surface area contributed by atoms with Gasteiger partial charge in [0.2, 0.25) is 5.91 Å². The summed E-state index contributed by atoms with van der Waals surface area (Å²) < 4.78 is 2.00. The van der Waals surface area contributed by atoms with Crippen molar-refractivity contribution in [2.45, 2.75) is 19.3 Å². The molecule has 166 valence electrons. The Hall–Kier alpha value is -4.51. The highest BCUT2D eigenvalue weighted by Crippen LogP contribution is 2.37. The number of aromatic nitrogens is 3. The summed E-state index contributed by atoms with van der Waals surface area (Å²) in [7, 11) is 0. The first-order chi connectivity index (χ1) is 16.6. The number of carbonyl (C=O) groups is 2. The molecule has 1 fully saturated rings. The van der Waals surface area contributed by atoms with Crippen molar-refractivity contribution in [3.63, 3.8) is 0 Å². The van der Waals surface area contributed by atoms with Gasteiger partial charge in [0.15, 0.2) is 17.2 Å². The van der Waals surface area contributed by atoms with E-state index in [1.165, 1.54) is 0 Å². The van der Waals surface area contributed by atoms with E-state index in [0.717, 1.165) is 46.7 Å². The molecule has 0 unspecified atom stereocenters. The van der Waals surface area contributed by atoms with Gasteiger partial charge in [-0.15, -0.1) is 0 Å². The minimum Gasteiger partial charge on any atom is -0.346 e. The number of hydrogen-bond donors (Lipinski definition) is 1. The fraction of sp³-hybridized carbons (Fsp3) is 0.192. The Morgan fingerprint density at radius 3 is 2.68 bits per heavy atom. The van der Waals surface area contributed by atoms with Gasteiger partial charge >= 0.3 is 0 Å². The maximum Gasteiger partial charge on any atom is 0.228 e. The molecule has 0 saturated carbocycles. The summed E-state index contributed by atoms with van der Waals surface area (Å²) in [4.78, 5) is 35.6. The topological polar surface area (TPSA) is 103 Å². The number of ketones is 1. The molecule has 2 aliphatic rings. The van der Waals surface area contributed by atoms with Crippen LogP contribution in [0.2, 0.25) is 0 Å². The standard InChI is InChI=1S/C26H20N6O2/c27-14-16-3-5-17(6-4-16)23-24(18-7-8-21-19(12-18)13-22(34)29-21)32-11-9-28-25(26(32)30-23)31-10-1-2-20(33)15-31/h3-9,11-12H,1-2,10,13,15H2,(H,29,34). The van der Waals surface area contributed by atoms with Crippen LogP contribution in [0.1, 0.15) is 24.0 Å². The average molecular weight is 448 g/mol. The number of rotatable bonds is 3. The molecule has 2 aromatic carbocycles. The minimum atomic E-state index is -0.0149. The van der Waals surface area contributed by atoms with Crippen molar-refractivity contribution in [1.82, 2.24) is 14.4 Å². The van der Waals surface area contributed by atoms with Crippen LogP contribution in [0.5, 0.6) is 0 Å². The van der Waals surface area contributed by atoms with Crippen LogP contribution < -0.4 is 10.2 Å². The number of fused-ring (bicyclic) bond motifs is 2. The van der Waals surface area contributed by atoms with E-state index in [1.54, 1.807) is 18.3 Å². The molecule has 0 spiro atoms. The Bertz CT molecular complexity index is 1510. The number of piperidine rings is 1. The molecule has 34 heavy (non-hydrogen) atoms.